The number of hydrogen-bond donors (Lipinski definition) is 1. The Labute approximate surface area is 177 Å². The van der Waals surface area contributed by atoms with Crippen LogP contribution in [0.5, 0.6) is 0 Å². The molecule has 2 aromatic heterocycles. The zero-order valence-corrected chi connectivity index (χ0v) is 18.5. The lowest BCUT2D eigenvalue weighted by atomic mass is 9.89. The van der Waals surface area contributed by atoms with Gasteiger partial charge < -0.3 is 9.67 Å². The number of hydrogen-bond acceptors (Lipinski definition) is 3. The van der Waals surface area contributed by atoms with E-state index in [9.17, 15) is 9.90 Å². The Morgan fingerprint density at radius 2 is 1.93 bits per heavy atom. The Hall–Kier alpha value is -2.12. The molecule has 0 saturated carbocycles. The van der Waals surface area contributed by atoms with Crippen molar-refractivity contribution in [3.63, 3.8) is 0 Å². The summed E-state index contributed by atoms with van der Waals surface area (Å²) >= 11 is 9.53. The summed E-state index contributed by atoms with van der Waals surface area (Å²) in [7, 11) is 1.90. The van der Waals surface area contributed by atoms with Gasteiger partial charge in [-0.2, -0.15) is 5.10 Å². The number of carboxylic acid groups (broad SMARTS) is 1. The predicted molar refractivity (Wildman–Crippen MR) is 112 cm³/mol. The highest BCUT2D eigenvalue weighted by Crippen LogP contribution is 2.35. The van der Waals surface area contributed by atoms with Crippen molar-refractivity contribution in [2.75, 3.05) is 0 Å². The first-order valence-corrected chi connectivity index (χ1v) is 10.1. The fourth-order valence-corrected chi connectivity index (χ4v) is 4.43. The van der Waals surface area contributed by atoms with Crippen molar-refractivity contribution in [1.29, 1.82) is 0 Å². The zero-order chi connectivity index (χ0) is 20.6. The number of imidazole rings is 1. The van der Waals surface area contributed by atoms with Crippen LogP contribution in [0, 0.1) is 6.92 Å². The molecule has 8 heteroatoms. The number of rotatable bonds is 6. The van der Waals surface area contributed by atoms with E-state index in [0.29, 0.717) is 21.9 Å². The first-order chi connectivity index (χ1) is 13.2. The molecule has 2 heterocycles. The van der Waals surface area contributed by atoms with Gasteiger partial charge in [0.1, 0.15) is 0 Å². The van der Waals surface area contributed by atoms with Gasteiger partial charge in [-0.3, -0.25) is 4.68 Å². The third-order valence-corrected chi connectivity index (χ3v) is 5.55. The second-order valence-electron chi connectivity index (χ2n) is 7.09. The number of aromatic carboxylic acids is 1. The highest BCUT2D eigenvalue weighted by atomic mass is 79.9. The van der Waals surface area contributed by atoms with E-state index in [2.05, 4.69) is 26.0 Å². The molecule has 6 nitrogen and oxygen atoms in total. The maximum Gasteiger partial charge on any atom is 0.356 e. The fourth-order valence-electron chi connectivity index (χ4n) is 3.53. The molecule has 0 aliphatic heterocycles. The number of nitrogens with zero attached hydrogens (tertiary/aromatic N) is 4. The van der Waals surface area contributed by atoms with Crippen molar-refractivity contribution in [3.05, 3.63) is 68.4 Å². The number of halogens is 2. The van der Waals surface area contributed by atoms with E-state index in [4.69, 9.17) is 11.6 Å². The van der Waals surface area contributed by atoms with Crippen molar-refractivity contribution in [3.8, 4) is 0 Å². The summed E-state index contributed by atoms with van der Waals surface area (Å²) in [4.78, 5) is 16.3. The maximum atomic E-state index is 12.0. The van der Waals surface area contributed by atoms with E-state index >= 15 is 0 Å². The molecule has 0 saturated heterocycles. The summed E-state index contributed by atoms with van der Waals surface area (Å²) in [6.45, 7) is 5.96. The molecule has 28 heavy (non-hydrogen) atoms. The third-order valence-electron chi connectivity index (χ3n) is 4.74. The molecule has 0 spiro atoms. The van der Waals surface area contributed by atoms with Crippen LogP contribution in [-0.4, -0.2) is 30.4 Å². The maximum absolute atomic E-state index is 12.0. The van der Waals surface area contributed by atoms with Crippen LogP contribution in [0.3, 0.4) is 0 Å². The standard InChI is InChI=1S/C20H22BrClN4O2/c1-11(2)26-18(17(19(27)28)23-20(26)21)16(13-5-7-14(22)8-6-13)10-15-9-12(3)24-25(15)4/h5-9,11,16H,10H2,1-4H3,(H,27,28). The second kappa shape index (κ2) is 8.09. The van der Waals surface area contributed by atoms with E-state index in [-0.39, 0.29) is 17.7 Å². The molecule has 0 fully saturated rings. The molecule has 0 amide bonds. The number of benzene rings is 1. The summed E-state index contributed by atoms with van der Waals surface area (Å²) in [5.74, 6) is -1.27. The Morgan fingerprint density at radius 3 is 2.43 bits per heavy atom. The first kappa shape index (κ1) is 20.6. The van der Waals surface area contributed by atoms with Gasteiger partial charge in [-0.1, -0.05) is 23.7 Å². The van der Waals surface area contributed by atoms with Gasteiger partial charge in [0.2, 0.25) is 0 Å². The minimum absolute atomic E-state index is 0.0352. The summed E-state index contributed by atoms with van der Waals surface area (Å²) in [5, 5.41) is 14.9. The SMILES string of the molecule is Cc1cc(CC(c2ccc(Cl)cc2)c2c(C(=O)O)nc(Br)n2C(C)C)n(C)n1. The lowest BCUT2D eigenvalue weighted by Gasteiger charge is -2.23. The molecule has 0 aliphatic carbocycles. The van der Waals surface area contributed by atoms with Crippen LogP contribution in [0.2, 0.25) is 5.02 Å². The lowest BCUT2D eigenvalue weighted by Crippen LogP contribution is -2.18. The van der Waals surface area contributed by atoms with Crippen molar-refractivity contribution >= 4 is 33.5 Å². The Balaban J connectivity index is 2.23. The Morgan fingerprint density at radius 1 is 1.29 bits per heavy atom. The van der Waals surface area contributed by atoms with E-state index < -0.39 is 5.97 Å². The average molecular weight is 466 g/mol. The largest absolute Gasteiger partial charge is 0.476 e. The van der Waals surface area contributed by atoms with Gasteiger partial charge in [0.05, 0.1) is 11.4 Å². The normalized spacial score (nSPS) is 12.5. The van der Waals surface area contributed by atoms with Gasteiger partial charge in [0, 0.05) is 36.1 Å². The van der Waals surface area contributed by atoms with Crippen molar-refractivity contribution in [2.45, 2.75) is 39.2 Å². The van der Waals surface area contributed by atoms with Crippen LogP contribution in [0.1, 0.15) is 58.9 Å². The van der Waals surface area contributed by atoms with Crippen molar-refractivity contribution < 1.29 is 9.90 Å². The van der Waals surface area contributed by atoms with Gasteiger partial charge in [0.15, 0.2) is 10.4 Å². The van der Waals surface area contributed by atoms with Crippen LogP contribution >= 0.6 is 27.5 Å². The summed E-state index contributed by atoms with van der Waals surface area (Å²) in [6.07, 6.45) is 0.587. The summed E-state index contributed by atoms with van der Waals surface area (Å²) < 4.78 is 4.28. The molecule has 0 bridgehead atoms. The van der Waals surface area contributed by atoms with Crippen LogP contribution in [0.4, 0.5) is 0 Å². The quantitative estimate of drug-likeness (QED) is 0.556. The number of aryl methyl sites for hydroxylation is 2. The molecular formula is C20H22BrClN4O2. The Bertz CT molecular complexity index is 1010. The Kier molecular flexibility index (Phi) is 5.95. The average Bonchev–Trinajstić information content (AvgIpc) is 3.12. The van der Waals surface area contributed by atoms with Crippen molar-refractivity contribution in [1.82, 2.24) is 19.3 Å². The van der Waals surface area contributed by atoms with Crippen LogP contribution in [-0.2, 0) is 13.5 Å². The molecule has 1 aromatic carbocycles. The summed E-state index contributed by atoms with van der Waals surface area (Å²) in [6, 6.07) is 9.58. The van der Waals surface area contributed by atoms with Crippen LogP contribution in [0.15, 0.2) is 35.1 Å². The van der Waals surface area contributed by atoms with E-state index in [1.54, 1.807) is 0 Å². The number of carbonyl (C=O) groups is 1. The lowest BCUT2D eigenvalue weighted by molar-refractivity contribution is 0.0689. The molecule has 1 unspecified atom stereocenters. The summed E-state index contributed by atoms with van der Waals surface area (Å²) in [5.41, 5.74) is 3.63. The van der Waals surface area contributed by atoms with Gasteiger partial charge >= 0.3 is 5.97 Å². The highest BCUT2D eigenvalue weighted by molar-refractivity contribution is 9.10. The molecule has 1 atom stereocenters. The van der Waals surface area contributed by atoms with E-state index in [1.165, 1.54) is 0 Å². The topological polar surface area (TPSA) is 72.9 Å². The minimum atomic E-state index is -1.05. The molecule has 1 N–H and O–H groups in total. The van der Waals surface area contributed by atoms with E-state index in [1.807, 2.05) is 67.4 Å². The van der Waals surface area contributed by atoms with Gasteiger partial charge in [-0.05, 0) is 60.5 Å². The van der Waals surface area contributed by atoms with Crippen molar-refractivity contribution in [2.24, 2.45) is 7.05 Å². The van der Waals surface area contributed by atoms with Gasteiger partial charge in [-0.25, -0.2) is 9.78 Å². The predicted octanol–water partition coefficient (Wildman–Crippen LogP) is 4.99. The van der Waals surface area contributed by atoms with E-state index in [0.717, 1.165) is 17.0 Å². The number of carboxylic acids is 1. The highest BCUT2D eigenvalue weighted by Gasteiger charge is 2.30. The number of aromatic nitrogens is 4. The molecule has 3 rings (SSSR count). The smallest absolute Gasteiger partial charge is 0.356 e. The first-order valence-electron chi connectivity index (χ1n) is 8.95. The molecule has 0 radical (unpaired) electrons. The molecule has 3 aromatic rings. The van der Waals surface area contributed by atoms with Gasteiger partial charge in [0.25, 0.3) is 0 Å². The minimum Gasteiger partial charge on any atom is -0.476 e. The van der Waals surface area contributed by atoms with Crippen LogP contribution < -0.4 is 0 Å². The molecule has 148 valence electrons. The molecule has 0 aliphatic rings. The second-order valence-corrected chi connectivity index (χ2v) is 8.24. The third kappa shape index (κ3) is 4.00. The zero-order valence-electron chi connectivity index (χ0n) is 16.1. The molecular weight excluding hydrogens is 444 g/mol. The monoisotopic (exact) mass is 464 g/mol. The van der Waals surface area contributed by atoms with Crippen LogP contribution in [0.25, 0.3) is 0 Å². The fraction of sp³-hybridized carbons (Fsp3) is 0.350. The van der Waals surface area contributed by atoms with Gasteiger partial charge in [-0.15, -0.1) is 0 Å².